The van der Waals surface area contributed by atoms with E-state index in [1.807, 2.05) is 12.1 Å². The predicted octanol–water partition coefficient (Wildman–Crippen LogP) is 2.07. The fraction of sp³-hybridized carbons (Fsp3) is 0.500. The molecule has 0 fully saturated rings. The molecule has 8 heteroatoms. The zero-order valence-electron chi connectivity index (χ0n) is 15.7. The number of carbonyl (C=O) groups excluding carboxylic acids is 2. The van der Waals surface area contributed by atoms with E-state index >= 15 is 0 Å². The van der Waals surface area contributed by atoms with Gasteiger partial charge in [-0.2, -0.15) is 0 Å². The van der Waals surface area contributed by atoms with Gasteiger partial charge in [0.05, 0.1) is 25.2 Å². The second kappa shape index (κ2) is 7.08. The van der Waals surface area contributed by atoms with Crippen LogP contribution in [0.15, 0.2) is 22.7 Å². The maximum Gasteiger partial charge on any atom is 0.397 e. The smallest absolute Gasteiger partial charge is 0.397 e. The van der Waals surface area contributed by atoms with Crippen molar-refractivity contribution in [3.63, 3.8) is 0 Å². The Kier molecular flexibility index (Phi) is 4.87. The molecule has 0 bridgehead atoms. The summed E-state index contributed by atoms with van der Waals surface area (Å²) in [6, 6.07) is 1.82. The number of methoxy groups -OCH3 is 1. The fourth-order valence-electron chi connectivity index (χ4n) is 4.46. The van der Waals surface area contributed by atoms with E-state index in [9.17, 15) is 14.7 Å². The number of carbonyl (C=O) groups is 2. The quantitative estimate of drug-likeness (QED) is 0.420. The molecule has 0 aromatic heterocycles. The Bertz CT molecular complexity index is 869. The second-order valence-corrected chi connectivity index (χ2v) is 8.10. The number of hydrogen-bond acceptors (Lipinski definition) is 6. The molecule has 0 saturated heterocycles. The Hall–Kier alpha value is -2.06. The van der Waals surface area contributed by atoms with Crippen molar-refractivity contribution in [1.82, 2.24) is 4.90 Å². The zero-order chi connectivity index (χ0) is 20.1. The van der Waals surface area contributed by atoms with Gasteiger partial charge >= 0.3 is 11.9 Å². The van der Waals surface area contributed by atoms with E-state index in [1.54, 1.807) is 20.1 Å². The number of aliphatic hydroxyl groups excluding tert-OH is 1. The van der Waals surface area contributed by atoms with Crippen LogP contribution in [0.3, 0.4) is 0 Å². The number of benzene rings is 1. The molecule has 0 saturated carbocycles. The maximum atomic E-state index is 12.6. The standard InChI is InChI=1S/C20H22BrNO6/c1-3-27-19(25)18(24)22-7-6-20-5-4-11(23)8-15(20)28-17-14(26-2)9-13(21)12(10-22)16(17)20/h4-5,9,11,15,23H,3,6-8,10H2,1-2H3/t11-,15-,20-/m1/s1. The molecule has 0 radical (unpaired) electrons. The van der Waals surface area contributed by atoms with Gasteiger partial charge in [0, 0.05) is 29.5 Å². The van der Waals surface area contributed by atoms with E-state index in [0.717, 1.165) is 15.6 Å². The summed E-state index contributed by atoms with van der Waals surface area (Å²) in [6.07, 6.45) is 3.97. The van der Waals surface area contributed by atoms with Gasteiger partial charge in [-0.25, -0.2) is 4.79 Å². The summed E-state index contributed by atoms with van der Waals surface area (Å²) in [7, 11) is 1.58. The largest absolute Gasteiger partial charge is 0.493 e. The molecule has 2 heterocycles. The number of amides is 1. The Labute approximate surface area is 171 Å². The lowest BCUT2D eigenvalue weighted by Gasteiger charge is -2.35. The first-order chi connectivity index (χ1) is 13.4. The molecule has 1 amide bonds. The molecular weight excluding hydrogens is 430 g/mol. The van der Waals surface area contributed by atoms with Crippen LogP contribution in [0.1, 0.15) is 30.9 Å². The van der Waals surface area contributed by atoms with Crippen LogP contribution in [0.2, 0.25) is 0 Å². The van der Waals surface area contributed by atoms with Crippen molar-refractivity contribution in [1.29, 1.82) is 0 Å². The van der Waals surface area contributed by atoms with Gasteiger partial charge < -0.3 is 24.2 Å². The molecule has 150 valence electrons. The van der Waals surface area contributed by atoms with E-state index in [1.165, 1.54) is 4.90 Å². The van der Waals surface area contributed by atoms with Crippen LogP contribution in [0, 0.1) is 0 Å². The van der Waals surface area contributed by atoms with Crippen LogP contribution < -0.4 is 9.47 Å². The van der Waals surface area contributed by atoms with E-state index in [-0.39, 0.29) is 19.3 Å². The second-order valence-electron chi connectivity index (χ2n) is 7.25. The van der Waals surface area contributed by atoms with Crippen molar-refractivity contribution in [3.05, 3.63) is 33.8 Å². The molecule has 1 N–H and O–H groups in total. The molecule has 7 nitrogen and oxygen atoms in total. The Balaban J connectivity index is 1.83. The molecular formula is C20H22BrNO6. The molecule has 0 unspecified atom stereocenters. The minimum atomic E-state index is -0.843. The van der Waals surface area contributed by atoms with Gasteiger partial charge in [0.15, 0.2) is 11.5 Å². The van der Waals surface area contributed by atoms with Crippen molar-refractivity contribution >= 4 is 27.8 Å². The molecule has 1 spiro atoms. The first-order valence-corrected chi connectivity index (χ1v) is 10.1. The van der Waals surface area contributed by atoms with Gasteiger partial charge in [-0.15, -0.1) is 0 Å². The third-order valence-corrected chi connectivity index (χ3v) is 6.48. The number of halogens is 1. The summed E-state index contributed by atoms with van der Waals surface area (Å²) < 4.78 is 17.5. The summed E-state index contributed by atoms with van der Waals surface area (Å²) in [5.41, 5.74) is 1.37. The van der Waals surface area contributed by atoms with Crippen LogP contribution in [0.4, 0.5) is 0 Å². The Morgan fingerprint density at radius 3 is 2.96 bits per heavy atom. The lowest BCUT2D eigenvalue weighted by molar-refractivity contribution is -0.160. The van der Waals surface area contributed by atoms with Crippen molar-refractivity contribution in [3.8, 4) is 11.5 Å². The van der Waals surface area contributed by atoms with Crippen LogP contribution in [0.25, 0.3) is 0 Å². The molecule has 2 aliphatic heterocycles. The monoisotopic (exact) mass is 451 g/mol. The molecule has 1 aliphatic carbocycles. The van der Waals surface area contributed by atoms with Crippen molar-refractivity contribution in [2.45, 2.75) is 43.9 Å². The number of hydrogen-bond donors (Lipinski definition) is 1. The van der Waals surface area contributed by atoms with Gasteiger partial charge in [0.1, 0.15) is 6.10 Å². The summed E-state index contributed by atoms with van der Waals surface area (Å²) in [5, 5.41) is 10.1. The highest BCUT2D eigenvalue weighted by Crippen LogP contribution is 2.57. The molecule has 28 heavy (non-hydrogen) atoms. The zero-order valence-corrected chi connectivity index (χ0v) is 17.3. The van der Waals surface area contributed by atoms with Crippen LogP contribution in [0.5, 0.6) is 11.5 Å². The van der Waals surface area contributed by atoms with Crippen molar-refractivity contribution in [2.75, 3.05) is 20.3 Å². The average Bonchev–Trinajstić information content (AvgIpc) is 2.89. The first-order valence-electron chi connectivity index (χ1n) is 9.31. The van der Waals surface area contributed by atoms with E-state index in [2.05, 4.69) is 15.9 Å². The van der Waals surface area contributed by atoms with Crippen LogP contribution in [-0.2, 0) is 26.3 Å². The highest BCUT2D eigenvalue weighted by Gasteiger charge is 2.53. The average molecular weight is 452 g/mol. The molecule has 1 aromatic rings. The SMILES string of the molecule is CCOC(=O)C(=O)N1CC[C@]23C=C[C@@H](O)C[C@H]2Oc2c(OC)cc(Br)c(c23)C1. The van der Waals surface area contributed by atoms with Crippen molar-refractivity contribution in [2.24, 2.45) is 0 Å². The lowest BCUT2D eigenvalue weighted by Crippen LogP contribution is -2.44. The highest BCUT2D eigenvalue weighted by atomic mass is 79.9. The minimum Gasteiger partial charge on any atom is -0.493 e. The number of aliphatic hydroxyl groups is 1. The molecule has 3 aliphatic rings. The summed E-state index contributed by atoms with van der Waals surface area (Å²) in [5.74, 6) is -0.237. The fourth-order valence-corrected chi connectivity index (χ4v) is 4.99. The Morgan fingerprint density at radius 2 is 2.25 bits per heavy atom. The van der Waals surface area contributed by atoms with Gasteiger partial charge in [-0.3, -0.25) is 4.79 Å². The minimum absolute atomic E-state index is 0.153. The highest BCUT2D eigenvalue weighted by molar-refractivity contribution is 9.10. The molecule has 3 atom stereocenters. The topological polar surface area (TPSA) is 85.3 Å². The lowest BCUT2D eigenvalue weighted by atomic mass is 9.69. The first kappa shape index (κ1) is 19.3. The summed E-state index contributed by atoms with van der Waals surface area (Å²) in [4.78, 5) is 26.2. The number of esters is 1. The predicted molar refractivity (Wildman–Crippen MR) is 103 cm³/mol. The van der Waals surface area contributed by atoms with E-state index in [4.69, 9.17) is 14.2 Å². The summed E-state index contributed by atoms with van der Waals surface area (Å²) >= 11 is 3.60. The van der Waals surface area contributed by atoms with Crippen LogP contribution in [-0.4, -0.2) is 54.4 Å². The van der Waals surface area contributed by atoms with E-state index < -0.39 is 23.4 Å². The normalized spacial score (nSPS) is 27.4. The van der Waals surface area contributed by atoms with E-state index in [0.29, 0.717) is 30.9 Å². The number of nitrogens with zero attached hydrogens (tertiary/aromatic N) is 1. The van der Waals surface area contributed by atoms with Gasteiger partial charge in [0.25, 0.3) is 0 Å². The summed E-state index contributed by atoms with van der Waals surface area (Å²) in [6.45, 7) is 2.46. The maximum absolute atomic E-state index is 12.6. The van der Waals surface area contributed by atoms with Crippen molar-refractivity contribution < 1.29 is 28.9 Å². The molecule has 1 aromatic carbocycles. The number of rotatable bonds is 2. The third-order valence-electron chi connectivity index (χ3n) is 5.77. The number of ether oxygens (including phenoxy) is 3. The van der Waals surface area contributed by atoms with Crippen LogP contribution >= 0.6 is 15.9 Å². The Morgan fingerprint density at radius 1 is 1.46 bits per heavy atom. The molecule has 4 rings (SSSR count). The third kappa shape index (κ3) is 2.81. The van der Waals surface area contributed by atoms with Gasteiger partial charge in [0.2, 0.25) is 0 Å². The van der Waals surface area contributed by atoms with Gasteiger partial charge in [-0.05, 0) is 25.0 Å². The van der Waals surface area contributed by atoms with Gasteiger partial charge in [-0.1, -0.05) is 28.1 Å².